The Labute approximate surface area is 153 Å². The van der Waals surface area contributed by atoms with Crippen LogP contribution in [0.1, 0.15) is 43.0 Å². The van der Waals surface area contributed by atoms with Gasteiger partial charge in [-0.1, -0.05) is 23.8 Å². The smallest absolute Gasteiger partial charge is 0.325 e. The molecular formula is C21H23NO4. The molecule has 0 heterocycles. The highest BCUT2D eigenvalue weighted by atomic mass is 16.5. The van der Waals surface area contributed by atoms with Crippen LogP contribution in [0.3, 0.4) is 0 Å². The van der Waals surface area contributed by atoms with Crippen molar-refractivity contribution < 1.29 is 19.1 Å². The van der Waals surface area contributed by atoms with Crippen molar-refractivity contribution in [3.8, 4) is 0 Å². The van der Waals surface area contributed by atoms with Gasteiger partial charge in [-0.05, 0) is 62.6 Å². The van der Waals surface area contributed by atoms with E-state index in [4.69, 9.17) is 4.74 Å². The molecule has 1 N–H and O–H groups in total. The van der Waals surface area contributed by atoms with Crippen molar-refractivity contribution in [1.82, 2.24) is 5.32 Å². The summed E-state index contributed by atoms with van der Waals surface area (Å²) in [5, 5.41) is 2.49. The Hall–Kier alpha value is -2.95. The van der Waals surface area contributed by atoms with E-state index in [1.54, 1.807) is 24.3 Å². The average molecular weight is 353 g/mol. The second-order valence-electron chi connectivity index (χ2n) is 6.39. The zero-order valence-electron chi connectivity index (χ0n) is 15.5. The fourth-order valence-electron chi connectivity index (χ4n) is 2.58. The molecule has 2 aromatic rings. The average Bonchev–Trinajstić information content (AvgIpc) is 2.60. The van der Waals surface area contributed by atoms with Gasteiger partial charge in [0.2, 0.25) is 5.78 Å². The largest absolute Gasteiger partial charge is 0.456 e. The monoisotopic (exact) mass is 353 g/mol. The van der Waals surface area contributed by atoms with Gasteiger partial charge in [-0.25, -0.2) is 0 Å². The van der Waals surface area contributed by atoms with E-state index in [2.05, 4.69) is 5.32 Å². The van der Waals surface area contributed by atoms with Crippen LogP contribution in [-0.2, 0) is 9.53 Å². The third-order valence-electron chi connectivity index (χ3n) is 4.18. The quantitative estimate of drug-likeness (QED) is 0.640. The maximum Gasteiger partial charge on any atom is 0.325 e. The minimum absolute atomic E-state index is 0.260. The second kappa shape index (κ2) is 8.43. The molecule has 0 fully saturated rings. The van der Waals surface area contributed by atoms with Crippen LogP contribution in [0, 0.1) is 27.7 Å². The summed E-state index contributed by atoms with van der Waals surface area (Å²) in [7, 11) is 0. The summed E-state index contributed by atoms with van der Waals surface area (Å²) in [6.45, 7) is 7.01. The maximum absolute atomic E-state index is 12.3. The number of carbonyl (C=O) groups excluding carboxylic acids is 3. The van der Waals surface area contributed by atoms with Gasteiger partial charge in [-0.2, -0.15) is 0 Å². The topological polar surface area (TPSA) is 72.5 Å². The molecule has 0 spiro atoms. The predicted molar refractivity (Wildman–Crippen MR) is 99.5 cm³/mol. The summed E-state index contributed by atoms with van der Waals surface area (Å²) < 4.78 is 4.99. The summed E-state index contributed by atoms with van der Waals surface area (Å²) in [4.78, 5) is 36.1. The highest BCUT2D eigenvalue weighted by molar-refractivity contribution is 6.00. The molecule has 1 amide bonds. The van der Waals surface area contributed by atoms with Crippen molar-refractivity contribution in [2.75, 3.05) is 13.2 Å². The number of ketones is 1. The van der Waals surface area contributed by atoms with Gasteiger partial charge >= 0.3 is 5.97 Å². The molecule has 2 aromatic carbocycles. The molecule has 0 saturated heterocycles. The molecule has 136 valence electrons. The molecule has 5 heteroatoms. The fourth-order valence-corrected chi connectivity index (χ4v) is 2.58. The Morgan fingerprint density at radius 1 is 0.923 bits per heavy atom. The molecule has 0 radical (unpaired) electrons. The van der Waals surface area contributed by atoms with Gasteiger partial charge in [0, 0.05) is 11.1 Å². The molecule has 0 aliphatic heterocycles. The number of hydrogen-bond acceptors (Lipinski definition) is 4. The van der Waals surface area contributed by atoms with Crippen LogP contribution in [0.15, 0.2) is 36.4 Å². The third kappa shape index (κ3) is 5.02. The van der Waals surface area contributed by atoms with E-state index in [0.717, 1.165) is 22.3 Å². The predicted octanol–water partition coefficient (Wildman–Crippen LogP) is 3.08. The lowest BCUT2D eigenvalue weighted by Gasteiger charge is -2.10. The second-order valence-corrected chi connectivity index (χ2v) is 6.39. The minimum Gasteiger partial charge on any atom is -0.456 e. The van der Waals surface area contributed by atoms with Crippen molar-refractivity contribution >= 4 is 17.7 Å². The van der Waals surface area contributed by atoms with E-state index in [-0.39, 0.29) is 24.8 Å². The van der Waals surface area contributed by atoms with E-state index >= 15 is 0 Å². The molecule has 0 aliphatic carbocycles. The lowest BCUT2D eigenvalue weighted by Crippen LogP contribution is -2.31. The molecule has 2 rings (SSSR count). The van der Waals surface area contributed by atoms with Crippen LogP contribution < -0.4 is 5.32 Å². The van der Waals surface area contributed by atoms with Crippen molar-refractivity contribution in [2.24, 2.45) is 0 Å². The number of Topliss-reactive ketones (excluding diaryl/α,β-unsaturated/α-hetero) is 1. The minimum atomic E-state index is -0.652. The number of benzene rings is 2. The van der Waals surface area contributed by atoms with E-state index in [9.17, 15) is 14.4 Å². The van der Waals surface area contributed by atoms with Crippen LogP contribution in [0.2, 0.25) is 0 Å². The van der Waals surface area contributed by atoms with Gasteiger partial charge in [-0.15, -0.1) is 0 Å². The first-order chi connectivity index (χ1) is 12.3. The summed E-state index contributed by atoms with van der Waals surface area (Å²) >= 11 is 0. The van der Waals surface area contributed by atoms with Gasteiger partial charge in [0.25, 0.3) is 5.91 Å². The summed E-state index contributed by atoms with van der Waals surface area (Å²) in [6, 6.07) is 10.8. The van der Waals surface area contributed by atoms with Crippen LogP contribution >= 0.6 is 0 Å². The third-order valence-corrected chi connectivity index (χ3v) is 4.18. The fraction of sp³-hybridized carbons (Fsp3) is 0.286. The Morgan fingerprint density at radius 2 is 1.62 bits per heavy atom. The Morgan fingerprint density at radius 3 is 2.31 bits per heavy atom. The number of ether oxygens (including phenoxy) is 1. The number of hydrogen-bond donors (Lipinski definition) is 1. The molecule has 0 atom stereocenters. The molecule has 0 bridgehead atoms. The van der Waals surface area contributed by atoms with Gasteiger partial charge < -0.3 is 10.1 Å². The molecule has 0 unspecified atom stereocenters. The first-order valence-electron chi connectivity index (χ1n) is 8.39. The van der Waals surface area contributed by atoms with E-state index in [1.807, 2.05) is 39.8 Å². The standard InChI is InChI=1S/C21H23NO4/c1-13-6-5-7-17(8-13)21(25)22-11-20(24)26-12-19(23)18-10-15(3)14(2)9-16(18)4/h5-10H,11-12H2,1-4H3,(H,22,25). The lowest BCUT2D eigenvalue weighted by atomic mass is 9.98. The van der Waals surface area contributed by atoms with Gasteiger partial charge in [-0.3, -0.25) is 14.4 Å². The Balaban J connectivity index is 1.86. The highest BCUT2D eigenvalue weighted by Crippen LogP contribution is 2.16. The van der Waals surface area contributed by atoms with Crippen molar-refractivity contribution in [1.29, 1.82) is 0 Å². The summed E-state index contributed by atoms with van der Waals surface area (Å²) in [5.41, 5.74) is 4.94. The van der Waals surface area contributed by atoms with E-state index < -0.39 is 5.97 Å². The summed E-state index contributed by atoms with van der Waals surface area (Å²) in [6.07, 6.45) is 0. The van der Waals surface area contributed by atoms with Crippen molar-refractivity contribution in [3.05, 3.63) is 69.8 Å². The molecule has 5 nitrogen and oxygen atoms in total. The zero-order chi connectivity index (χ0) is 19.3. The number of rotatable bonds is 6. The van der Waals surface area contributed by atoms with Gasteiger partial charge in [0.1, 0.15) is 6.54 Å². The number of esters is 1. The van der Waals surface area contributed by atoms with Crippen molar-refractivity contribution in [3.63, 3.8) is 0 Å². The maximum atomic E-state index is 12.3. The van der Waals surface area contributed by atoms with Gasteiger partial charge in [0.15, 0.2) is 6.61 Å². The molecule has 0 aliphatic rings. The van der Waals surface area contributed by atoms with Gasteiger partial charge in [0.05, 0.1) is 0 Å². The van der Waals surface area contributed by atoms with Crippen LogP contribution in [0.25, 0.3) is 0 Å². The SMILES string of the molecule is Cc1cccc(C(=O)NCC(=O)OCC(=O)c2cc(C)c(C)cc2C)c1. The Bertz CT molecular complexity index is 855. The van der Waals surface area contributed by atoms with Crippen LogP contribution in [-0.4, -0.2) is 30.8 Å². The first kappa shape index (κ1) is 19.4. The molecule has 0 aromatic heterocycles. The molecular weight excluding hydrogens is 330 g/mol. The zero-order valence-corrected chi connectivity index (χ0v) is 15.5. The van der Waals surface area contributed by atoms with Crippen molar-refractivity contribution in [2.45, 2.75) is 27.7 Å². The van der Waals surface area contributed by atoms with Crippen LogP contribution in [0.4, 0.5) is 0 Å². The molecule has 0 saturated carbocycles. The van der Waals surface area contributed by atoms with E-state index in [0.29, 0.717) is 11.1 Å². The lowest BCUT2D eigenvalue weighted by molar-refractivity contribution is -0.141. The normalized spacial score (nSPS) is 10.3. The summed E-state index contributed by atoms with van der Waals surface area (Å²) in [5.74, 6) is -1.27. The van der Waals surface area contributed by atoms with E-state index in [1.165, 1.54) is 0 Å². The number of carbonyl (C=O) groups is 3. The number of amides is 1. The Kier molecular flexibility index (Phi) is 6.28. The number of nitrogens with one attached hydrogen (secondary N) is 1. The number of aryl methyl sites for hydroxylation is 4. The highest BCUT2D eigenvalue weighted by Gasteiger charge is 2.14. The van der Waals surface area contributed by atoms with Crippen LogP contribution in [0.5, 0.6) is 0 Å². The first-order valence-corrected chi connectivity index (χ1v) is 8.39. The molecule has 26 heavy (non-hydrogen) atoms.